The number of aromatic nitrogens is 3. The number of hydrogen-bond donors (Lipinski definition) is 1. The molecule has 0 atom stereocenters. The van der Waals surface area contributed by atoms with Gasteiger partial charge in [-0.3, -0.25) is 4.57 Å². The number of nitrogens with zero attached hydrogens (tertiary/aromatic N) is 3. The molecule has 0 unspecified atom stereocenters. The van der Waals surface area contributed by atoms with Crippen molar-refractivity contribution in [1.82, 2.24) is 14.5 Å². The second kappa shape index (κ2) is 5.17. The highest BCUT2D eigenvalue weighted by Crippen LogP contribution is 2.23. The summed E-state index contributed by atoms with van der Waals surface area (Å²) < 4.78 is 1.94. The largest absolute Gasteiger partial charge is 0.272 e. The Bertz CT molecular complexity index is 777. The lowest BCUT2D eigenvalue weighted by Crippen LogP contribution is -1.96. The number of allylic oxidation sites excluding steroid dienone is 1. The van der Waals surface area contributed by atoms with Crippen LogP contribution in [0.1, 0.15) is 5.56 Å². The predicted molar refractivity (Wildman–Crippen MR) is 88.5 cm³/mol. The van der Waals surface area contributed by atoms with Crippen LogP contribution in [-0.4, -0.2) is 22.4 Å². The molecule has 0 fully saturated rings. The van der Waals surface area contributed by atoms with Gasteiger partial charge in [0.2, 0.25) is 0 Å². The molecule has 0 saturated heterocycles. The lowest BCUT2D eigenvalue weighted by Gasteiger charge is -2.08. The molecule has 0 N–H and O–H groups in total. The summed E-state index contributed by atoms with van der Waals surface area (Å²) in [7, 11) is 2.11. The number of thiol groups is 1. The predicted octanol–water partition coefficient (Wildman–Crippen LogP) is 2.77. The van der Waals surface area contributed by atoms with Crippen LogP contribution in [-0.2, 0) is 0 Å². The Morgan fingerprint density at radius 2 is 2.00 bits per heavy atom. The second-order valence-corrected chi connectivity index (χ2v) is 5.00. The Morgan fingerprint density at radius 3 is 2.70 bits per heavy atom. The van der Waals surface area contributed by atoms with Gasteiger partial charge in [0.1, 0.15) is 13.4 Å². The van der Waals surface area contributed by atoms with E-state index in [1.54, 1.807) is 6.20 Å². The molecule has 20 heavy (non-hydrogen) atoms. The summed E-state index contributed by atoms with van der Waals surface area (Å²) >= 11 is 4.45. The fraction of sp³-hybridized carbons (Fsp3) is 0.0667. The Hall–Kier alpha value is -2.01. The normalized spacial score (nSPS) is 10.8. The van der Waals surface area contributed by atoms with Crippen LogP contribution in [0.25, 0.3) is 22.4 Å². The Labute approximate surface area is 124 Å². The van der Waals surface area contributed by atoms with E-state index >= 15 is 0 Å². The summed E-state index contributed by atoms with van der Waals surface area (Å²) in [6.07, 6.45) is 2.72. The van der Waals surface area contributed by atoms with Crippen LogP contribution >= 0.6 is 12.6 Å². The third kappa shape index (κ3) is 2.14. The van der Waals surface area contributed by atoms with Crippen LogP contribution in [0.4, 0.5) is 0 Å². The van der Waals surface area contributed by atoms with Crippen LogP contribution in [0.15, 0.2) is 54.3 Å². The second-order valence-electron chi connectivity index (χ2n) is 4.60. The molecule has 1 aromatic carbocycles. The molecule has 3 nitrogen and oxygen atoms in total. The molecule has 0 aliphatic rings. The quantitative estimate of drug-likeness (QED) is 0.590. The van der Waals surface area contributed by atoms with E-state index in [4.69, 9.17) is 0 Å². The zero-order valence-electron chi connectivity index (χ0n) is 11.2. The molecule has 2 heterocycles. The minimum atomic E-state index is 0.640. The van der Waals surface area contributed by atoms with Gasteiger partial charge in [-0.15, -0.1) is 12.6 Å². The molecule has 0 spiro atoms. The number of imidazole rings is 1. The molecule has 5 heteroatoms. The molecule has 2 aromatic heterocycles. The number of fused-ring (bicyclic) bond motifs is 1. The topological polar surface area (TPSA) is 30.7 Å². The van der Waals surface area contributed by atoms with E-state index in [1.165, 1.54) is 0 Å². The first-order valence-electron chi connectivity index (χ1n) is 6.51. The van der Waals surface area contributed by atoms with Crippen molar-refractivity contribution in [2.45, 2.75) is 11.5 Å². The van der Waals surface area contributed by atoms with E-state index in [1.807, 2.05) is 28.8 Å². The van der Waals surface area contributed by atoms with E-state index in [-0.39, 0.29) is 0 Å². The SMILES string of the molecule is BCC(=C)c1ccc(-n2c(S)nc3cccnc32)cc1. The van der Waals surface area contributed by atoms with Crippen LogP contribution < -0.4 is 0 Å². The molecule has 98 valence electrons. The zero-order valence-corrected chi connectivity index (χ0v) is 12.1. The van der Waals surface area contributed by atoms with Crippen LogP contribution in [0.5, 0.6) is 0 Å². The van der Waals surface area contributed by atoms with E-state index in [0.29, 0.717) is 5.16 Å². The Morgan fingerprint density at radius 1 is 1.25 bits per heavy atom. The summed E-state index contributed by atoms with van der Waals surface area (Å²) in [6.45, 7) is 4.06. The number of hydrogen-bond acceptors (Lipinski definition) is 3. The Kier molecular flexibility index (Phi) is 3.36. The third-order valence-electron chi connectivity index (χ3n) is 3.36. The molecule has 0 aliphatic carbocycles. The lowest BCUT2D eigenvalue weighted by molar-refractivity contribution is 0.915. The smallest absolute Gasteiger partial charge is 0.171 e. The van der Waals surface area contributed by atoms with Gasteiger partial charge in [-0.05, 0) is 29.8 Å². The van der Waals surface area contributed by atoms with Gasteiger partial charge in [0.15, 0.2) is 10.8 Å². The van der Waals surface area contributed by atoms with Crippen LogP contribution in [0.2, 0.25) is 6.32 Å². The first-order chi connectivity index (χ1) is 9.70. The zero-order chi connectivity index (χ0) is 14.1. The van der Waals surface area contributed by atoms with E-state index < -0.39 is 0 Å². The van der Waals surface area contributed by atoms with Crippen molar-refractivity contribution < 1.29 is 0 Å². The van der Waals surface area contributed by atoms with Gasteiger partial charge in [-0.2, -0.15) is 0 Å². The van der Waals surface area contributed by atoms with Crippen LogP contribution in [0.3, 0.4) is 0 Å². The van der Waals surface area contributed by atoms with Gasteiger partial charge in [0.25, 0.3) is 0 Å². The first kappa shape index (κ1) is 13.0. The maximum Gasteiger partial charge on any atom is 0.171 e. The maximum absolute atomic E-state index is 4.45. The highest BCUT2D eigenvalue weighted by molar-refractivity contribution is 7.80. The average Bonchev–Trinajstić information content (AvgIpc) is 2.82. The lowest BCUT2D eigenvalue weighted by atomic mass is 9.93. The van der Waals surface area contributed by atoms with Crippen LogP contribution in [0, 0.1) is 0 Å². The number of pyridine rings is 1. The van der Waals surface area contributed by atoms with Crippen molar-refractivity contribution >= 4 is 37.2 Å². The van der Waals surface area contributed by atoms with Gasteiger partial charge in [0.05, 0.1) is 0 Å². The van der Waals surface area contributed by atoms with Crippen molar-refractivity contribution in [3.63, 3.8) is 0 Å². The van der Waals surface area contributed by atoms with Crippen molar-refractivity contribution in [1.29, 1.82) is 0 Å². The van der Waals surface area contributed by atoms with E-state index in [2.05, 4.69) is 49.2 Å². The van der Waals surface area contributed by atoms with Gasteiger partial charge in [-0.1, -0.05) is 30.6 Å². The summed E-state index contributed by atoms with van der Waals surface area (Å²) in [6, 6.07) is 12.1. The molecule has 3 rings (SSSR count). The summed E-state index contributed by atoms with van der Waals surface area (Å²) in [5.41, 5.74) is 4.97. The third-order valence-corrected chi connectivity index (χ3v) is 3.66. The fourth-order valence-corrected chi connectivity index (χ4v) is 2.51. The van der Waals surface area contributed by atoms with Gasteiger partial charge in [-0.25, -0.2) is 9.97 Å². The Balaban J connectivity index is 2.11. The summed E-state index contributed by atoms with van der Waals surface area (Å²) in [5.74, 6) is 0. The molecular weight excluding hydrogens is 265 g/mol. The minimum absolute atomic E-state index is 0.640. The molecule has 3 aromatic rings. The molecule has 0 amide bonds. The van der Waals surface area contributed by atoms with Gasteiger partial charge < -0.3 is 0 Å². The van der Waals surface area contributed by atoms with Crippen molar-refractivity contribution in [2.75, 3.05) is 0 Å². The molecule has 0 saturated carbocycles. The highest BCUT2D eigenvalue weighted by Gasteiger charge is 2.10. The molecule has 0 bridgehead atoms. The number of rotatable bonds is 3. The van der Waals surface area contributed by atoms with E-state index in [0.717, 1.165) is 34.3 Å². The summed E-state index contributed by atoms with van der Waals surface area (Å²) in [5, 5.41) is 0.640. The van der Waals surface area contributed by atoms with Crippen molar-refractivity contribution in [3.8, 4) is 5.69 Å². The number of benzene rings is 1. The molecular formula is C15H14BN3S. The van der Waals surface area contributed by atoms with Crippen molar-refractivity contribution in [2.24, 2.45) is 0 Å². The highest BCUT2D eigenvalue weighted by atomic mass is 32.1. The fourth-order valence-electron chi connectivity index (χ4n) is 2.19. The standard InChI is InChI=1S/C15H14BN3S/c1-10(9-16)11-4-6-12(7-5-11)19-14-13(18-15(19)20)3-2-8-17-14/h2-8H,1,9,16H2,(H,18,20). The van der Waals surface area contributed by atoms with Crippen molar-refractivity contribution in [3.05, 3.63) is 54.7 Å². The molecule has 0 radical (unpaired) electrons. The van der Waals surface area contributed by atoms with E-state index in [9.17, 15) is 0 Å². The first-order valence-corrected chi connectivity index (χ1v) is 6.96. The maximum atomic E-state index is 4.45. The summed E-state index contributed by atoms with van der Waals surface area (Å²) in [4.78, 5) is 8.80. The monoisotopic (exact) mass is 279 g/mol. The average molecular weight is 279 g/mol. The minimum Gasteiger partial charge on any atom is -0.272 e. The van der Waals surface area contributed by atoms with Gasteiger partial charge >= 0.3 is 0 Å². The molecule has 0 aliphatic heterocycles. The van der Waals surface area contributed by atoms with Gasteiger partial charge in [0, 0.05) is 11.9 Å².